The summed E-state index contributed by atoms with van der Waals surface area (Å²) >= 11 is 5.86. The maximum absolute atomic E-state index is 12.4. The van der Waals surface area contributed by atoms with Gasteiger partial charge in [-0.3, -0.25) is 0 Å². The molecule has 1 amide bonds. The van der Waals surface area contributed by atoms with Crippen molar-refractivity contribution in [2.45, 2.75) is 44.6 Å². The van der Waals surface area contributed by atoms with Crippen molar-refractivity contribution in [1.82, 2.24) is 9.80 Å². The highest BCUT2D eigenvalue weighted by Gasteiger charge is 2.27. The Bertz CT molecular complexity index is 615. The maximum atomic E-state index is 12.4. The van der Waals surface area contributed by atoms with Crippen molar-refractivity contribution in [3.63, 3.8) is 0 Å². The molecule has 0 aromatic heterocycles. The first-order valence-corrected chi connectivity index (χ1v) is 10.9. The predicted molar refractivity (Wildman–Crippen MR) is 119 cm³/mol. The molecule has 1 saturated carbocycles. The summed E-state index contributed by atoms with van der Waals surface area (Å²) in [6.07, 6.45) is 8.03. The summed E-state index contributed by atoms with van der Waals surface area (Å²) in [4.78, 5) is 16.4. The minimum Gasteiger partial charge on any atom is -0.410 e. The van der Waals surface area contributed by atoms with Gasteiger partial charge in [-0.2, -0.15) is 0 Å². The summed E-state index contributed by atoms with van der Waals surface area (Å²) in [7, 11) is 3.94. The molecule has 0 saturated heterocycles. The second-order valence-electron chi connectivity index (χ2n) is 7.94. The molecule has 0 heterocycles. The van der Waals surface area contributed by atoms with Gasteiger partial charge in [0.1, 0.15) is 5.75 Å². The number of carbonyl (C=O) groups is 1. The summed E-state index contributed by atoms with van der Waals surface area (Å²) in [6, 6.07) is 7.08. The average molecular weight is 423 g/mol. The van der Waals surface area contributed by atoms with Gasteiger partial charge in [-0.05, 0) is 82.3 Å². The van der Waals surface area contributed by atoms with Crippen LogP contribution in [0.2, 0.25) is 5.02 Å². The summed E-state index contributed by atoms with van der Waals surface area (Å²) < 4.78 is 11.3. The Morgan fingerprint density at radius 2 is 1.86 bits per heavy atom. The maximum Gasteiger partial charge on any atom is 0.415 e. The largest absolute Gasteiger partial charge is 0.415 e. The van der Waals surface area contributed by atoms with Crippen LogP contribution in [0, 0.1) is 5.92 Å². The minimum atomic E-state index is -0.312. The monoisotopic (exact) mass is 422 g/mol. The van der Waals surface area contributed by atoms with E-state index in [0.717, 1.165) is 64.8 Å². The highest BCUT2D eigenvalue weighted by molar-refractivity contribution is 6.30. The molecule has 0 bridgehead atoms. The number of hydrogen-bond donors (Lipinski definition) is 0. The summed E-state index contributed by atoms with van der Waals surface area (Å²) in [5.74, 6) is 1.11. The van der Waals surface area contributed by atoms with Crippen molar-refractivity contribution in [2.75, 3.05) is 40.4 Å². The van der Waals surface area contributed by atoms with Crippen LogP contribution in [0.1, 0.15) is 38.5 Å². The average Bonchev–Trinajstić information content (AvgIpc) is 2.72. The fourth-order valence-electron chi connectivity index (χ4n) is 3.67. The van der Waals surface area contributed by atoms with E-state index in [-0.39, 0.29) is 12.1 Å². The highest BCUT2D eigenvalue weighted by atomic mass is 35.5. The molecular formula is C23H35ClN2O3. The van der Waals surface area contributed by atoms with Crippen molar-refractivity contribution < 1.29 is 14.3 Å². The molecule has 1 aromatic carbocycles. The Morgan fingerprint density at radius 3 is 2.52 bits per heavy atom. The van der Waals surface area contributed by atoms with E-state index in [1.165, 1.54) is 0 Å². The van der Waals surface area contributed by atoms with Gasteiger partial charge >= 0.3 is 6.09 Å². The van der Waals surface area contributed by atoms with Gasteiger partial charge < -0.3 is 19.3 Å². The molecule has 0 radical (unpaired) electrons. The zero-order valence-corrected chi connectivity index (χ0v) is 18.6. The fourth-order valence-corrected chi connectivity index (χ4v) is 3.80. The second-order valence-corrected chi connectivity index (χ2v) is 8.38. The van der Waals surface area contributed by atoms with E-state index < -0.39 is 0 Å². The number of carbonyl (C=O) groups excluding carboxylic acids is 1. The van der Waals surface area contributed by atoms with E-state index in [0.29, 0.717) is 16.7 Å². The standard InChI is InChI=1S/C23H35ClN2O3/c1-4-15-25(2)16-5-6-17-28-18-19-7-11-21(12-8-19)26(3)23(27)29-22-13-9-20(24)10-14-22/h4,9-10,13-14,19,21H,1,5-8,11-12,15-18H2,2-3H3/t19-,21-. The summed E-state index contributed by atoms with van der Waals surface area (Å²) in [5, 5.41) is 0.624. The van der Waals surface area contributed by atoms with Crippen LogP contribution in [0.5, 0.6) is 5.75 Å². The zero-order chi connectivity index (χ0) is 21.1. The van der Waals surface area contributed by atoms with Crippen LogP contribution < -0.4 is 4.74 Å². The molecule has 1 fully saturated rings. The van der Waals surface area contributed by atoms with Gasteiger partial charge in [-0.1, -0.05) is 17.7 Å². The Morgan fingerprint density at radius 1 is 1.17 bits per heavy atom. The first kappa shape index (κ1) is 23.7. The molecule has 1 aliphatic carbocycles. The van der Waals surface area contributed by atoms with Crippen molar-refractivity contribution in [3.8, 4) is 5.75 Å². The topological polar surface area (TPSA) is 42.0 Å². The molecule has 2 rings (SSSR count). The van der Waals surface area contributed by atoms with Crippen LogP contribution in [-0.2, 0) is 4.74 Å². The minimum absolute atomic E-state index is 0.228. The molecular weight excluding hydrogens is 388 g/mol. The molecule has 1 aromatic rings. The SMILES string of the molecule is C=CCN(C)CCCCOC[C@H]1CC[C@H](N(C)C(=O)Oc2ccc(Cl)cc2)CC1. The Kier molecular flexibility index (Phi) is 10.5. The number of unbranched alkanes of at least 4 members (excludes halogenated alkanes) is 1. The van der Waals surface area contributed by atoms with Crippen molar-refractivity contribution >= 4 is 17.7 Å². The molecule has 0 aliphatic heterocycles. The number of halogens is 1. The molecule has 0 unspecified atom stereocenters. The van der Waals surface area contributed by atoms with E-state index in [1.807, 2.05) is 13.1 Å². The van der Waals surface area contributed by atoms with Crippen LogP contribution in [-0.4, -0.2) is 62.3 Å². The highest BCUT2D eigenvalue weighted by Crippen LogP contribution is 2.28. The molecule has 0 atom stereocenters. The third-order valence-electron chi connectivity index (χ3n) is 5.54. The lowest BCUT2D eigenvalue weighted by Gasteiger charge is -2.34. The normalized spacial score (nSPS) is 19.2. The smallest absolute Gasteiger partial charge is 0.410 e. The molecule has 6 heteroatoms. The Labute approximate surface area is 180 Å². The van der Waals surface area contributed by atoms with E-state index in [2.05, 4.69) is 18.5 Å². The van der Waals surface area contributed by atoms with Crippen LogP contribution in [0.25, 0.3) is 0 Å². The van der Waals surface area contributed by atoms with Gasteiger partial charge in [0.15, 0.2) is 0 Å². The van der Waals surface area contributed by atoms with Crippen LogP contribution in [0.15, 0.2) is 36.9 Å². The first-order valence-electron chi connectivity index (χ1n) is 10.6. The van der Waals surface area contributed by atoms with Crippen LogP contribution in [0.4, 0.5) is 4.79 Å². The third kappa shape index (κ3) is 8.77. The number of ether oxygens (including phenoxy) is 2. The lowest BCUT2D eigenvalue weighted by Crippen LogP contribution is -2.41. The van der Waals surface area contributed by atoms with Crippen molar-refractivity contribution in [2.24, 2.45) is 5.92 Å². The second kappa shape index (κ2) is 12.9. The number of hydrogen-bond acceptors (Lipinski definition) is 4. The van der Waals surface area contributed by atoms with E-state index in [9.17, 15) is 4.79 Å². The molecule has 29 heavy (non-hydrogen) atoms. The number of benzene rings is 1. The molecule has 0 N–H and O–H groups in total. The predicted octanol–water partition coefficient (Wildman–Crippen LogP) is 5.24. The number of likely N-dealkylation sites (N-methyl/N-ethyl adjacent to an activating group) is 1. The third-order valence-corrected chi connectivity index (χ3v) is 5.80. The zero-order valence-electron chi connectivity index (χ0n) is 17.8. The van der Waals surface area contributed by atoms with Gasteiger partial charge in [0.05, 0.1) is 0 Å². The van der Waals surface area contributed by atoms with Gasteiger partial charge in [0, 0.05) is 37.9 Å². The number of nitrogens with zero attached hydrogens (tertiary/aromatic N) is 2. The summed E-state index contributed by atoms with van der Waals surface area (Å²) in [5.41, 5.74) is 0. The molecule has 5 nitrogen and oxygen atoms in total. The first-order chi connectivity index (χ1) is 14.0. The van der Waals surface area contributed by atoms with Crippen molar-refractivity contribution in [1.29, 1.82) is 0 Å². The van der Waals surface area contributed by atoms with E-state index in [1.54, 1.807) is 29.2 Å². The van der Waals surface area contributed by atoms with Crippen molar-refractivity contribution in [3.05, 3.63) is 41.9 Å². The molecule has 162 valence electrons. The van der Waals surface area contributed by atoms with E-state index in [4.69, 9.17) is 21.1 Å². The Balaban J connectivity index is 1.58. The number of rotatable bonds is 11. The lowest BCUT2D eigenvalue weighted by atomic mass is 9.86. The Hall–Kier alpha value is -1.56. The van der Waals surface area contributed by atoms with Crippen LogP contribution in [0.3, 0.4) is 0 Å². The van der Waals surface area contributed by atoms with Crippen LogP contribution >= 0.6 is 11.6 Å². The van der Waals surface area contributed by atoms with Gasteiger partial charge in [0.2, 0.25) is 0 Å². The van der Waals surface area contributed by atoms with E-state index >= 15 is 0 Å². The quantitative estimate of drug-likeness (QED) is 0.361. The number of amides is 1. The lowest BCUT2D eigenvalue weighted by molar-refractivity contribution is 0.0658. The fraction of sp³-hybridized carbons (Fsp3) is 0.609. The molecule has 0 spiro atoms. The van der Waals surface area contributed by atoms with Gasteiger partial charge in [-0.25, -0.2) is 4.79 Å². The van der Waals surface area contributed by atoms with Gasteiger partial charge in [0.25, 0.3) is 0 Å². The van der Waals surface area contributed by atoms with Gasteiger partial charge in [-0.15, -0.1) is 6.58 Å². The summed E-state index contributed by atoms with van der Waals surface area (Å²) in [6.45, 7) is 7.43. The molecule has 1 aliphatic rings.